The van der Waals surface area contributed by atoms with Crippen molar-refractivity contribution in [3.63, 3.8) is 0 Å². The maximum Gasteiger partial charge on any atom is 0.239 e. The summed E-state index contributed by atoms with van der Waals surface area (Å²) in [5.74, 6) is 2.45. The number of nitrogens with one attached hydrogen (secondary N) is 3. The lowest BCUT2D eigenvalue weighted by Crippen LogP contribution is -2.45. The molecule has 3 N–H and O–H groups in total. The number of methoxy groups -OCH3 is 5. The molecule has 2 aliphatic rings. The summed E-state index contributed by atoms with van der Waals surface area (Å²) >= 11 is 0. The topological polar surface area (TPSA) is 137 Å². The number of hydrogen-bond acceptors (Lipinski definition) is 10. The van der Waals surface area contributed by atoms with Crippen LogP contribution in [0.1, 0.15) is 48.9 Å². The minimum atomic E-state index is -0.421. The zero-order valence-corrected chi connectivity index (χ0v) is 29.1. The average Bonchev–Trinajstić information content (AvgIpc) is 3.34. The van der Waals surface area contributed by atoms with Gasteiger partial charge in [0, 0.05) is 38.2 Å². The van der Waals surface area contributed by atoms with Crippen molar-refractivity contribution in [3.8, 4) is 39.9 Å². The molecular formula is C37H46N4O8. The average molecular weight is 675 g/mol. The number of rotatable bonds is 12. The molecule has 1 aliphatic heterocycles. The van der Waals surface area contributed by atoms with Crippen LogP contribution in [0.4, 0.5) is 5.69 Å². The number of benzene rings is 2. The summed E-state index contributed by atoms with van der Waals surface area (Å²) in [5.41, 5.74) is 4.19. The molecule has 3 aromatic carbocycles. The molecule has 1 atom stereocenters. The van der Waals surface area contributed by atoms with E-state index in [1.54, 1.807) is 41.6 Å². The van der Waals surface area contributed by atoms with Crippen LogP contribution < -0.4 is 45.1 Å². The molecule has 1 unspecified atom stereocenters. The van der Waals surface area contributed by atoms with Crippen LogP contribution >= 0.6 is 0 Å². The second-order valence-corrected chi connectivity index (χ2v) is 12.3. The van der Waals surface area contributed by atoms with E-state index in [0.717, 1.165) is 54.7 Å². The van der Waals surface area contributed by atoms with E-state index in [1.165, 1.54) is 13.0 Å². The minimum absolute atomic E-state index is 0.0416. The normalized spacial score (nSPS) is 15.9. The molecule has 0 spiro atoms. The summed E-state index contributed by atoms with van der Waals surface area (Å²) in [4.78, 5) is 41.2. The van der Waals surface area contributed by atoms with E-state index >= 15 is 0 Å². The summed E-state index contributed by atoms with van der Waals surface area (Å²) in [6, 6.07) is 12.5. The zero-order chi connectivity index (χ0) is 35.1. The van der Waals surface area contributed by atoms with Crippen LogP contribution in [0.5, 0.6) is 28.7 Å². The minimum Gasteiger partial charge on any atom is -0.493 e. The molecule has 12 heteroatoms. The fraction of sp³-hybridized carbons (Fsp3) is 0.432. The second-order valence-electron chi connectivity index (χ2n) is 12.3. The van der Waals surface area contributed by atoms with Crippen LogP contribution in [0, 0.1) is 0 Å². The van der Waals surface area contributed by atoms with Crippen LogP contribution in [0.15, 0.2) is 47.3 Å². The Labute approximate surface area is 287 Å². The number of carbonyl (C=O) groups excluding carboxylic acids is 2. The zero-order valence-electron chi connectivity index (χ0n) is 29.1. The maximum absolute atomic E-state index is 13.6. The lowest BCUT2D eigenvalue weighted by Gasteiger charge is -2.32. The number of anilines is 1. The molecule has 3 aromatic rings. The number of hydrogen-bond donors (Lipinski definition) is 3. The highest BCUT2D eigenvalue weighted by Crippen LogP contribution is 2.50. The number of likely N-dealkylation sites (tertiary alicyclic amines) is 1. The van der Waals surface area contributed by atoms with Gasteiger partial charge in [-0.25, -0.2) is 0 Å². The van der Waals surface area contributed by atoms with Crippen LogP contribution in [0.25, 0.3) is 11.1 Å². The number of ether oxygens (including phenoxy) is 5. The smallest absolute Gasteiger partial charge is 0.239 e. The van der Waals surface area contributed by atoms with E-state index in [9.17, 15) is 14.4 Å². The van der Waals surface area contributed by atoms with Gasteiger partial charge in [0.2, 0.25) is 23.0 Å². The maximum atomic E-state index is 13.6. The third kappa shape index (κ3) is 8.02. The van der Waals surface area contributed by atoms with E-state index < -0.39 is 6.04 Å². The van der Waals surface area contributed by atoms with E-state index in [-0.39, 0.29) is 35.5 Å². The van der Waals surface area contributed by atoms with Crippen molar-refractivity contribution >= 4 is 17.5 Å². The molecule has 2 amide bonds. The Hall–Kier alpha value is -4.97. The number of carbonyl (C=O) groups is 2. The van der Waals surface area contributed by atoms with Gasteiger partial charge in [-0.1, -0.05) is 12.1 Å². The molecule has 0 aromatic heterocycles. The highest BCUT2D eigenvalue weighted by Gasteiger charge is 2.29. The Morgan fingerprint density at radius 1 is 0.796 bits per heavy atom. The van der Waals surface area contributed by atoms with Gasteiger partial charge in [0.1, 0.15) is 0 Å². The fourth-order valence-corrected chi connectivity index (χ4v) is 6.78. The molecular weight excluding hydrogens is 628 g/mol. The molecule has 49 heavy (non-hydrogen) atoms. The van der Waals surface area contributed by atoms with Gasteiger partial charge in [-0.2, -0.15) is 0 Å². The third-order valence-corrected chi connectivity index (χ3v) is 9.16. The van der Waals surface area contributed by atoms with Crippen LogP contribution in [0.2, 0.25) is 0 Å². The first-order valence-corrected chi connectivity index (χ1v) is 16.4. The quantitative estimate of drug-likeness (QED) is 0.258. The van der Waals surface area contributed by atoms with Crippen molar-refractivity contribution in [1.29, 1.82) is 0 Å². The molecule has 0 saturated carbocycles. The fourth-order valence-electron chi connectivity index (χ4n) is 6.78. The van der Waals surface area contributed by atoms with Crippen molar-refractivity contribution in [3.05, 3.63) is 69.4 Å². The van der Waals surface area contributed by atoms with Crippen molar-refractivity contribution in [2.24, 2.45) is 0 Å². The summed E-state index contributed by atoms with van der Waals surface area (Å²) in [7, 11) is 7.92. The highest BCUT2D eigenvalue weighted by molar-refractivity contribution is 5.84. The van der Waals surface area contributed by atoms with Gasteiger partial charge in [0.15, 0.2) is 23.0 Å². The van der Waals surface area contributed by atoms with E-state index in [1.807, 2.05) is 30.3 Å². The number of amides is 2. The van der Waals surface area contributed by atoms with Gasteiger partial charge in [-0.3, -0.25) is 19.3 Å². The predicted octanol–water partition coefficient (Wildman–Crippen LogP) is 4.07. The molecule has 0 radical (unpaired) electrons. The molecule has 262 valence electrons. The molecule has 0 bridgehead atoms. The van der Waals surface area contributed by atoms with Crippen molar-refractivity contribution < 1.29 is 33.3 Å². The van der Waals surface area contributed by atoms with Crippen LogP contribution in [0.3, 0.4) is 0 Å². The summed E-state index contributed by atoms with van der Waals surface area (Å²) in [6.07, 6.45) is 2.79. The predicted molar refractivity (Wildman–Crippen MR) is 187 cm³/mol. The Morgan fingerprint density at radius 2 is 1.51 bits per heavy atom. The van der Waals surface area contributed by atoms with Crippen LogP contribution in [-0.2, 0) is 22.6 Å². The summed E-state index contributed by atoms with van der Waals surface area (Å²) in [5, 5.41) is 9.18. The molecule has 1 saturated heterocycles. The summed E-state index contributed by atoms with van der Waals surface area (Å²) in [6.45, 7) is 3.86. The number of fused-ring (bicyclic) bond motifs is 3. The van der Waals surface area contributed by atoms with Crippen molar-refractivity contribution in [2.45, 2.75) is 51.2 Å². The van der Waals surface area contributed by atoms with E-state index in [4.69, 9.17) is 23.7 Å². The Kier molecular flexibility index (Phi) is 11.5. The third-order valence-electron chi connectivity index (χ3n) is 9.16. The van der Waals surface area contributed by atoms with Gasteiger partial charge in [0.05, 0.1) is 53.8 Å². The summed E-state index contributed by atoms with van der Waals surface area (Å²) < 4.78 is 27.9. The van der Waals surface area contributed by atoms with E-state index in [2.05, 4.69) is 20.9 Å². The molecule has 5 rings (SSSR count). The van der Waals surface area contributed by atoms with Gasteiger partial charge in [-0.15, -0.1) is 0 Å². The van der Waals surface area contributed by atoms with E-state index in [0.29, 0.717) is 47.2 Å². The molecule has 12 nitrogen and oxygen atoms in total. The van der Waals surface area contributed by atoms with Crippen molar-refractivity contribution in [1.82, 2.24) is 15.5 Å². The monoisotopic (exact) mass is 674 g/mol. The largest absolute Gasteiger partial charge is 0.493 e. The molecule has 1 aliphatic carbocycles. The van der Waals surface area contributed by atoms with Crippen molar-refractivity contribution in [2.75, 3.05) is 60.5 Å². The molecule has 1 heterocycles. The number of aryl methyl sites for hydroxylation is 1. The van der Waals surface area contributed by atoms with Gasteiger partial charge in [0.25, 0.3) is 0 Å². The van der Waals surface area contributed by atoms with Gasteiger partial charge < -0.3 is 39.6 Å². The lowest BCUT2D eigenvalue weighted by atomic mass is 9.95. The Bertz CT molecular complexity index is 1740. The first-order valence-electron chi connectivity index (χ1n) is 16.4. The first-order chi connectivity index (χ1) is 23.7. The standard InChI is InChI=1S/C37H46N4O8/c1-22(42)39-28-10-8-24-18-33(47-4)36(48-5)37(49-6)35(24)26-9-11-29(30(43)19-27(26)28)38-20-34(44)40-25-13-15-41(16-14-25)21-23-7-12-31(45-2)32(17-23)46-3/h7,9,11-12,17-19,25,28H,8,10,13-16,20-21H2,1-6H3,(H,38,43)(H,39,42)(H,40,44). The Morgan fingerprint density at radius 3 is 2.16 bits per heavy atom. The first kappa shape index (κ1) is 35.3. The lowest BCUT2D eigenvalue weighted by molar-refractivity contribution is -0.121. The Balaban J connectivity index is 1.29. The highest BCUT2D eigenvalue weighted by atomic mass is 16.5. The second kappa shape index (κ2) is 16.0. The van der Waals surface area contributed by atoms with Gasteiger partial charge >= 0.3 is 0 Å². The molecule has 1 fully saturated rings. The van der Waals surface area contributed by atoms with Gasteiger partial charge in [-0.05, 0) is 78.3 Å². The SMILES string of the molecule is COc1ccc(CN2CCC(NC(=O)CNc3ccc4c(cc3=O)C(NC(C)=O)CCc3cc(OC)c(OC)c(OC)c3-4)CC2)cc1OC. The number of nitrogens with zero attached hydrogens (tertiary/aromatic N) is 1. The van der Waals surface area contributed by atoms with Crippen LogP contribution in [-0.4, -0.2) is 77.9 Å². The number of piperidine rings is 1.